The van der Waals surface area contributed by atoms with Crippen LogP contribution in [0.15, 0.2) is 23.3 Å². The highest BCUT2D eigenvalue weighted by molar-refractivity contribution is 5.50. The van der Waals surface area contributed by atoms with Crippen molar-refractivity contribution in [2.75, 3.05) is 0 Å². The minimum atomic E-state index is 1.28. The van der Waals surface area contributed by atoms with Crippen molar-refractivity contribution in [1.29, 1.82) is 0 Å². The van der Waals surface area contributed by atoms with Crippen LogP contribution < -0.4 is 0 Å². The van der Waals surface area contributed by atoms with Crippen molar-refractivity contribution in [2.45, 2.75) is 12.8 Å². The fraction of sp³-hybridized carbons (Fsp3) is 0.333. The summed E-state index contributed by atoms with van der Waals surface area (Å²) in [7, 11) is 0. The van der Waals surface area contributed by atoms with E-state index in [-0.39, 0.29) is 0 Å². The molecule has 6 heavy (non-hydrogen) atoms. The number of rotatable bonds is 1. The Labute approximate surface area is 37.2 Å². The second kappa shape index (κ2) is 0.604. The summed E-state index contributed by atoms with van der Waals surface area (Å²) in [5.41, 5.74) is 3.21. The molecule has 2 aliphatic rings. The number of allylic oxidation sites excluding steroid dienone is 4. The third kappa shape index (κ3) is 0.238. The van der Waals surface area contributed by atoms with Crippen LogP contribution in [0.1, 0.15) is 12.8 Å². The van der Waals surface area contributed by atoms with E-state index in [2.05, 4.69) is 12.2 Å². The molecule has 2 aliphatic carbocycles. The Morgan fingerprint density at radius 1 is 1.00 bits per heavy atom. The minimum Gasteiger partial charge on any atom is -0.0763 e. The lowest BCUT2D eigenvalue weighted by atomic mass is 10.4. The Morgan fingerprint density at radius 3 is 1.50 bits per heavy atom. The maximum atomic E-state index is 2.28. The van der Waals surface area contributed by atoms with E-state index in [0.29, 0.717) is 0 Å². The first-order valence-corrected chi connectivity index (χ1v) is 2.35. The normalized spacial score (nSPS) is 25.3. The van der Waals surface area contributed by atoms with Gasteiger partial charge in [0.2, 0.25) is 0 Å². The summed E-state index contributed by atoms with van der Waals surface area (Å²) in [6.07, 6.45) is 7.12. The van der Waals surface area contributed by atoms with E-state index >= 15 is 0 Å². The SMILES string of the molecule is C1=C(C2=CC2)C1. The van der Waals surface area contributed by atoms with E-state index in [0.717, 1.165) is 0 Å². The van der Waals surface area contributed by atoms with Crippen molar-refractivity contribution in [2.24, 2.45) is 0 Å². The third-order valence-electron chi connectivity index (χ3n) is 1.23. The van der Waals surface area contributed by atoms with Gasteiger partial charge in [-0.1, -0.05) is 12.2 Å². The van der Waals surface area contributed by atoms with Crippen LogP contribution in [0, 0.1) is 0 Å². The second-order valence-corrected chi connectivity index (χ2v) is 1.87. The maximum absolute atomic E-state index is 2.28. The van der Waals surface area contributed by atoms with E-state index in [9.17, 15) is 0 Å². The van der Waals surface area contributed by atoms with Crippen LogP contribution in [0.2, 0.25) is 0 Å². The van der Waals surface area contributed by atoms with Crippen LogP contribution in [0.3, 0.4) is 0 Å². The first kappa shape index (κ1) is 2.62. The highest BCUT2D eigenvalue weighted by Gasteiger charge is 2.17. The van der Waals surface area contributed by atoms with Gasteiger partial charge in [0.25, 0.3) is 0 Å². The van der Waals surface area contributed by atoms with Gasteiger partial charge in [-0.05, 0) is 24.0 Å². The highest BCUT2D eigenvalue weighted by Crippen LogP contribution is 2.37. The van der Waals surface area contributed by atoms with Crippen LogP contribution in [-0.2, 0) is 0 Å². The quantitative estimate of drug-likeness (QED) is 0.447. The molecule has 0 fully saturated rings. The van der Waals surface area contributed by atoms with Crippen LogP contribution in [0.4, 0.5) is 0 Å². The average molecular weight is 78.1 g/mol. The fourth-order valence-corrected chi connectivity index (χ4v) is 0.626. The topological polar surface area (TPSA) is 0 Å². The second-order valence-electron chi connectivity index (χ2n) is 1.87. The van der Waals surface area contributed by atoms with Crippen molar-refractivity contribution in [1.82, 2.24) is 0 Å². The zero-order valence-corrected chi connectivity index (χ0v) is 3.57. The Bertz CT molecular complexity index is 120. The van der Waals surface area contributed by atoms with E-state index in [1.807, 2.05) is 0 Å². The average Bonchev–Trinajstić information content (AvgIpc) is 2.26. The Hall–Kier alpha value is -0.520. The Morgan fingerprint density at radius 2 is 1.33 bits per heavy atom. The molecule has 0 bridgehead atoms. The zero-order chi connectivity index (χ0) is 3.98. The lowest BCUT2D eigenvalue weighted by Gasteiger charge is -1.66. The van der Waals surface area contributed by atoms with Gasteiger partial charge in [0.05, 0.1) is 0 Å². The van der Waals surface area contributed by atoms with Crippen molar-refractivity contribution >= 4 is 0 Å². The van der Waals surface area contributed by atoms with Gasteiger partial charge in [-0.25, -0.2) is 0 Å². The molecule has 0 saturated heterocycles. The molecule has 0 heterocycles. The largest absolute Gasteiger partial charge is 0.0763 e. The molecule has 0 saturated carbocycles. The fourth-order valence-electron chi connectivity index (χ4n) is 0.626. The maximum Gasteiger partial charge on any atom is -0.00917 e. The molecule has 2 rings (SSSR count). The first-order chi connectivity index (χ1) is 2.97. The lowest BCUT2D eigenvalue weighted by Crippen LogP contribution is -1.47. The monoisotopic (exact) mass is 78.0 g/mol. The Kier molecular flexibility index (Phi) is 0.264. The number of hydrogen-bond donors (Lipinski definition) is 0. The molecule has 0 unspecified atom stereocenters. The van der Waals surface area contributed by atoms with E-state index in [1.165, 1.54) is 12.8 Å². The minimum absolute atomic E-state index is 1.28. The summed E-state index contributed by atoms with van der Waals surface area (Å²) >= 11 is 0. The smallest absolute Gasteiger partial charge is 0.00917 e. The number of hydrogen-bond acceptors (Lipinski definition) is 0. The summed E-state index contributed by atoms with van der Waals surface area (Å²) in [6.45, 7) is 0. The summed E-state index contributed by atoms with van der Waals surface area (Å²) in [6, 6.07) is 0. The molecule has 0 heteroatoms. The standard InChI is InChI=1S/C6H6/c1-2-5(1)6-3-4-6/h1,3H,2,4H2. The lowest BCUT2D eigenvalue weighted by molar-refractivity contribution is 1.47. The molecule has 0 spiro atoms. The molecule has 0 aromatic rings. The van der Waals surface area contributed by atoms with Gasteiger partial charge in [-0.3, -0.25) is 0 Å². The van der Waals surface area contributed by atoms with Crippen LogP contribution >= 0.6 is 0 Å². The van der Waals surface area contributed by atoms with Gasteiger partial charge in [-0.15, -0.1) is 0 Å². The molecule has 0 aliphatic heterocycles. The van der Waals surface area contributed by atoms with Gasteiger partial charge >= 0.3 is 0 Å². The molecule has 0 amide bonds. The van der Waals surface area contributed by atoms with E-state index in [4.69, 9.17) is 0 Å². The van der Waals surface area contributed by atoms with Crippen molar-refractivity contribution in [3.05, 3.63) is 23.3 Å². The molecule has 0 nitrogen and oxygen atoms in total. The van der Waals surface area contributed by atoms with Gasteiger partial charge in [-0.2, -0.15) is 0 Å². The van der Waals surface area contributed by atoms with Gasteiger partial charge < -0.3 is 0 Å². The van der Waals surface area contributed by atoms with Crippen molar-refractivity contribution < 1.29 is 0 Å². The third-order valence-corrected chi connectivity index (χ3v) is 1.23. The van der Waals surface area contributed by atoms with E-state index < -0.39 is 0 Å². The molecule has 0 atom stereocenters. The van der Waals surface area contributed by atoms with Crippen molar-refractivity contribution in [3.8, 4) is 0 Å². The predicted octanol–water partition coefficient (Wildman–Crippen LogP) is 1.65. The van der Waals surface area contributed by atoms with Crippen LogP contribution in [0.5, 0.6) is 0 Å². The summed E-state index contributed by atoms with van der Waals surface area (Å²) in [5, 5.41) is 0. The molecule has 0 aromatic heterocycles. The molecular formula is C6H6. The molecule has 0 N–H and O–H groups in total. The molecule has 0 radical (unpaired) electrons. The highest BCUT2D eigenvalue weighted by atomic mass is 14.2. The van der Waals surface area contributed by atoms with Gasteiger partial charge in [0.1, 0.15) is 0 Å². The summed E-state index contributed by atoms with van der Waals surface area (Å²) in [5.74, 6) is 0. The van der Waals surface area contributed by atoms with Crippen LogP contribution in [0.25, 0.3) is 0 Å². The zero-order valence-electron chi connectivity index (χ0n) is 3.57. The van der Waals surface area contributed by atoms with Crippen LogP contribution in [-0.4, -0.2) is 0 Å². The van der Waals surface area contributed by atoms with E-state index in [1.54, 1.807) is 11.1 Å². The van der Waals surface area contributed by atoms with Gasteiger partial charge in [0, 0.05) is 0 Å². The molecule has 0 aromatic carbocycles. The predicted molar refractivity (Wildman–Crippen MR) is 25.4 cm³/mol. The summed E-state index contributed by atoms with van der Waals surface area (Å²) < 4.78 is 0. The molecular weight excluding hydrogens is 72.1 g/mol. The first-order valence-electron chi connectivity index (χ1n) is 2.35. The Balaban J connectivity index is 2.26. The van der Waals surface area contributed by atoms with Crippen molar-refractivity contribution in [3.63, 3.8) is 0 Å². The van der Waals surface area contributed by atoms with Gasteiger partial charge in [0.15, 0.2) is 0 Å². The molecule has 30 valence electrons. The summed E-state index contributed by atoms with van der Waals surface area (Å²) in [4.78, 5) is 0.